The second-order valence-electron chi connectivity index (χ2n) is 8.52. The number of aliphatic imine (C=N–C) groups is 1. The van der Waals surface area contributed by atoms with Crippen LogP contribution in [0, 0.1) is 0 Å². The summed E-state index contributed by atoms with van der Waals surface area (Å²) in [5.74, 6) is 1.10. The smallest absolute Gasteiger partial charge is 0.254 e. The van der Waals surface area contributed by atoms with E-state index in [2.05, 4.69) is 10.0 Å². The summed E-state index contributed by atoms with van der Waals surface area (Å²) in [5, 5.41) is 12.6. The van der Waals surface area contributed by atoms with Crippen LogP contribution in [0.15, 0.2) is 58.6 Å². The average molecular weight is 464 g/mol. The number of amides is 1. The molecule has 0 aromatic heterocycles. The van der Waals surface area contributed by atoms with E-state index >= 15 is 0 Å². The molecule has 1 atom stereocenters. The van der Waals surface area contributed by atoms with Gasteiger partial charge in [-0.3, -0.25) is 4.79 Å². The number of aliphatic hydroxyl groups is 1. The van der Waals surface area contributed by atoms with Crippen LogP contribution in [-0.2, 0) is 22.5 Å². The van der Waals surface area contributed by atoms with Gasteiger partial charge in [-0.2, -0.15) is 0 Å². The fourth-order valence-corrected chi connectivity index (χ4v) is 4.34. The Labute approximate surface area is 198 Å². The molecule has 9 heteroatoms. The minimum atomic E-state index is -1.07. The number of benzene rings is 2. The first-order valence-electron chi connectivity index (χ1n) is 11.6. The quantitative estimate of drug-likeness (QED) is 0.250. The number of carbonyl (C=O) groups excluding carboxylic acids is 1. The predicted molar refractivity (Wildman–Crippen MR) is 128 cm³/mol. The molecule has 0 radical (unpaired) electrons. The third-order valence-corrected chi connectivity index (χ3v) is 6.13. The second-order valence-corrected chi connectivity index (χ2v) is 8.52. The Kier molecular flexibility index (Phi) is 7.67. The van der Waals surface area contributed by atoms with E-state index < -0.39 is 5.54 Å². The van der Waals surface area contributed by atoms with Crippen LogP contribution in [0.3, 0.4) is 0 Å². The van der Waals surface area contributed by atoms with Gasteiger partial charge in [0.25, 0.3) is 5.91 Å². The van der Waals surface area contributed by atoms with E-state index in [1.807, 2.05) is 53.4 Å². The predicted octanol–water partition coefficient (Wildman–Crippen LogP) is 3.64. The molecule has 2 aromatic rings. The molecule has 34 heavy (non-hydrogen) atoms. The van der Waals surface area contributed by atoms with Crippen LogP contribution in [0.25, 0.3) is 10.4 Å². The van der Waals surface area contributed by atoms with Crippen molar-refractivity contribution in [2.45, 2.75) is 37.8 Å². The number of nitrogens with zero attached hydrogens (tertiary/aromatic N) is 5. The van der Waals surface area contributed by atoms with E-state index in [-0.39, 0.29) is 25.7 Å². The molecule has 0 saturated carbocycles. The highest BCUT2D eigenvalue weighted by Crippen LogP contribution is 2.31. The van der Waals surface area contributed by atoms with E-state index in [4.69, 9.17) is 25.1 Å². The molecule has 0 unspecified atom stereocenters. The molecule has 0 spiro atoms. The summed E-state index contributed by atoms with van der Waals surface area (Å²) < 4.78 is 11.6. The summed E-state index contributed by atoms with van der Waals surface area (Å²) >= 11 is 0. The number of azide groups is 1. The molecular weight excluding hydrogens is 434 g/mol. The van der Waals surface area contributed by atoms with Gasteiger partial charge in [0.15, 0.2) is 5.54 Å². The summed E-state index contributed by atoms with van der Waals surface area (Å²) in [4.78, 5) is 23.3. The van der Waals surface area contributed by atoms with Crippen LogP contribution in [0.1, 0.15) is 36.0 Å². The lowest BCUT2D eigenvalue weighted by Gasteiger charge is -2.29. The number of hydrogen-bond acceptors (Lipinski definition) is 6. The summed E-state index contributed by atoms with van der Waals surface area (Å²) in [5.41, 5.74) is 10.3. The van der Waals surface area contributed by atoms with Crippen molar-refractivity contribution in [1.82, 2.24) is 4.90 Å². The zero-order valence-corrected chi connectivity index (χ0v) is 19.1. The summed E-state index contributed by atoms with van der Waals surface area (Å²) in [6, 6.07) is 15.1. The Bertz CT molecular complexity index is 1070. The second kappa shape index (κ2) is 11.0. The molecule has 1 N–H and O–H groups in total. The first-order chi connectivity index (χ1) is 16.6. The lowest BCUT2D eigenvalue weighted by Crippen LogP contribution is -2.49. The molecule has 2 aliphatic rings. The minimum absolute atomic E-state index is 0.0254. The maximum absolute atomic E-state index is 13.7. The normalized spacial score (nSPS) is 19.3. The molecular formula is C25H29N5O4. The third kappa shape index (κ3) is 5.32. The Hall–Kier alpha value is -3.55. The highest BCUT2D eigenvalue weighted by atomic mass is 16.5. The van der Waals surface area contributed by atoms with Gasteiger partial charge in [-0.05, 0) is 53.8 Å². The van der Waals surface area contributed by atoms with Gasteiger partial charge in [0, 0.05) is 43.0 Å². The van der Waals surface area contributed by atoms with Crippen molar-refractivity contribution in [3.8, 4) is 5.75 Å². The van der Waals surface area contributed by atoms with Gasteiger partial charge >= 0.3 is 0 Å². The summed E-state index contributed by atoms with van der Waals surface area (Å²) in [6.45, 7) is 2.35. The fraction of sp³-hybridized carbons (Fsp3) is 0.440. The van der Waals surface area contributed by atoms with Crippen LogP contribution in [-0.4, -0.2) is 60.3 Å². The first kappa shape index (κ1) is 23.6. The van der Waals surface area contributed by atoms with Crippen LogP contribution >= 0.6 is 0 Å². The molecule has 1 amide bonds. The van der Waals surface area contributed by atoms with E-state index in [9.17, 15) is 4.79 Å². The first-order valence-corrected chi connectivity index (χ1v) is 11.6. The van der Waals surface area contributed by atoms with Crippen molar-refractivity contribution in [3.05, 3.63) is 75.7 Å². The van der Waals surface area contributed by atoms with E-state index in [1.165, 1.54) is 0 Å². The Morgan fingerprint density at radius 2 is 1.91 bits per heavy atom. The van der Waals surface area contributed by atoms with Gasteiger partial charge in [0.1, 0.15) is 12.4 Å². The minimum Gasteiger partial charge on any atom is -0.494 e. The zero-order chi connectivity index (χ0) is 23.8. The maximum atomic E-state index is 13.7. The van der Waals surface area contributed by atoms with Gasteiger partial charge in [-0.1, -0.05) is 29.4 Å². The van der Waals surface area contributed by atoms with Crippen molar-refractivity contribution < 1.29 is 19.4 Å². The van der Waals surface area contributed by atoms with E-state index in [1.54, 1.807) is 0 Å². The Balaban J connectivity index is 1.62. The van der Waals surface area contributed by atoms with Crippen LogP contribution in [0.5, 0.6) is 5.75 Å². The summed E-state index contributed by atoms with van der Waals surface area (Å²) in [6.07, 6.45) is 2.92. The highest BCUT2D eigenvalue weighted by molar-refractivity contribution is 6.00. The Morgan fingerprint density at radius 1 is 1.18 bits per heavy atom. The number of rotatable bonds is 10. The van der Waals surface area contributed by atoms with Gasteiger partial charge in [-0.25, -0.2) is 4.99 Å². The zero-order valence-electron chi connectivity index (χ0n) is 19.1. The van der Waals surface area contributed by atoms with Gasteiger partial charge in [-0.15, -0.1) is 0 Å². The standard InChI is InChI=1S/C25H29N5O4/c26-29-27-17-21-7-2-1-6-20(21)16-25(24(32)30-12-3-4-13-30)18-34-23(28-25)19-8-10-22(11-9-19)33-15-5-14-31/h1-2,6-11,31H,3-5,12-18H2/t25-/m1/s1. The lowest BCUT2D eigenvalue weighted by molar-refractivity contribution is -0.136. The van der Waals surface area contributed by atoms with Crippen molar-refractivity contribution in [2.75, 3.05) is 32.9 Å². The average Bonchev–Trinajstić information content (AvgIpc) is 3.55. The van der Waals surface area contributed by atoms with Gasteiger partial charge < -0.3 is 19.5 Å². The number of hydrogen-bond donors (Lipinski definition) is 1. The lowest BCUT2D eigenvalue weighted by atomic mass is 9.88. The number of likely N-dealkylation sites (tertiary alicyclic amines) is 1. The van der Waals surface area contributed by atoms with E-state index in [0.717, 1.165) is 42.6 Å². The van der Waals surface area contributed by atoms with E-state index in [0.29, 0.717) is 31.1 Å². The fourth-order valence-electron chi connectivity index (χ4n) is 4.34. The molecule has 178 valence electrons. The van der Waals surface area contributed by atoms with Crippen molar-refractivity contribution in [2.24, 2.45) is 10.1 Å². The van der Waals surface area contributed by atoms with Gasteiger partial charge in [0.2, 0.25) is 5.90 Å². The largest absolute Gasteiger partial charge is 0.494 e. The van der Waals surface area contributed by atoms with Gasteiger partial charge in [0.05, 0.1) is 13.2 Å². The number of aliphatic hydroxyl groups excluding tert-OH is 1. The molecule has 1 fully saturated rings. The maximum Gasteiger partial charge on any atom is 0.254 e. The van der Waals surface area contributed by atoms with Crippen molar-refractivity contribution >= 4 is 11.8 Å². The summed E-state index contributed by atoms with van der Waals surface area (Å²) in [7, 11) is 0. The van der Waals surface area contributed by atoms with Crippen LogP contribution in [0.2, 0.25) is 0 Å². The van der Waals surface area contributed by atoms with Crippen molar-refractivity contribution in [1.29, 1.82) is 0 Å². The molecule has 2 heterocycles. The highest BCUT2D eigenvalue weighted by Gasteiger charge is 2.47. The monoisotopic (exact) mass is 463 g/mol. The third-order valence-electron chi connectivity index (χ3n) is 6.13. The van der Waals surface area contributed by atoms with Crippen LogP contribution < -0.4 is 4.74 Å². The molecule has 4 rings (SSSR count). The molecule has 2 aromatic carbocycles. The van der Waals surface area contributed by atoms with Crippen molar-refractivity contribution in [3.63, 3.8) is 0 Å². The molecule has 9 nitrogen and oxygen atoms in total. The van der Waals surface area contributed by atoms with Crippen LogP contribution in [0.4, 0.5) is 0 Å². The molecule has 1 saturated heterocycles. The molecule has 0 bridgehead atoms. The topological polar surface area (TPSA) is 120 Å². The Morgan fingerprint density at radius 3 is 2.62 bits per heavy atom. The number of ether oxygens (including phenoxy) is 2. The molecule has 0 aliphatic carbocycles. The molecule has 2 aliphatic heterocycles. The SMILES string of the molecule is [N-]=[N+]=NCc1ccccc1C[C@]1(C(=O)N2CCCC2)COC(c2ccc(OCCCO)cc2)=N1. The number of carbonyl (C=O) groups is 1.